The minimum Gasteiger partial charge on any atom is -0.465 e. The van der Waals surface area contributed by atoms with E-state index in [-0.39, 0.29) is 32.8 Å². The van der Waals surface area contributed by atoms with Crippen LogP contribution in [-0.2, 0) is 4.74 Å². The zero-order chi connectivity index (χ0) is 18.8. The van der Waals surface area contributed by atoms with Crippen molar-refractivity contribution < 1.29 is 23.7 Å². The number of carbonyl (C=O) groups excluding carboxylic acids is 2. The highest BCUT2D eigenvalue weighted by Gasteiger charge is 2.19. The Labute approximate surface area is 149 Å². The number of fused-ring (bicyclic) bond motifs is 1. The molecule has 0 saturated heterocycles. The first kappa shape index (κ1) is 17.3. The van der Waals surface area contributed by atoms with Gasteiger partial charge in [-0.15, -0.1) is 11.3 Å². The van der Waals surface area contributed by atoms with E-state index in [1.54, 1.807) is 5.38 Å². The highest BCUT2D eigenvalue weighted by atomic mass is 32.1. The molecule has 0 saturated carbocycles. The van der Waals surface area contributed by atoms with E-state index in [9.17, 15) is 24.5 Å². The molecular weight excluding hydrogens is 364 g/mol. The lowest BCUT2D eigenvalue weighted by atomic mass is 10.1. The quantitative estimate of drug-likeness (QED) is 0.422. The summed E-state index contributed by atoms with van der Waals surface area (Å²) in [5.74, 6) is -1.74. The van der Waals surface area contributed by atoms with Crippen molar-refractivity contribution in [2.45, 2.75) is 0 Å². The number of hydrogen-bond donors (Lipinski definition) is 1. The van der Waals surface area contributed by atoms with Gasteiger partial charge >= 0.3 is 11.6 Å². The first-order chi connectivity index (χ1) is 12.4. The third-order valence-electron chi connectivity index (χ3n) is 3.46. The Balaban J connectivity index is 1.98. The van der Waals surface area contributed by atoms with Crippen molar-refractivity contribution in [3.8, 4) is 0 Å². The van der Waals surface area contributed by atoms with Crippen LogP contribution in [-0.4, -0.2) is 23.9 Å². The van der Waals surface area contributed by atoms with E-state index in [4.69, 9.17) is 4.42 Å². The van der Waals surface area contributed by atoms with Crippen LogP contribution in [0.15, 0.2) is 44.9 Å². The molecule has 26 heavy (non-hydrogen) atoms. The van der Waals surface area contributed by atoms with Crippen molar-refractivity contribution in [3.05, 3.63) is 66.9 Å². The van der Waals surface area contributed by atoms with Crippen LogP contribution in [0.2, 0.25) is 0 Å². The van der Waals surface area contributed by atoms with Gasteiger partial charge in [0.1, 0.15) is 4.88 Å². The van der Waals surface area contributed by atoms with Crippen LogP contribution >= 0.6 is 11.3 Å². The first-order valence-electron chi connectivity index (χ1n) is 7.10. The van der Waals surface area contributed by atoms with Crippen molar-refractivity contribution in [2.75, 3.05) is 12.4 Å². The molecule has 0 fully saturated rings. The Kier molecular flexibility index (Phi) is 4.50. The number of nitrogens with zero attached hydrogens (tertiary/aromatic N) is 1. The number of hydrogen-bond acceptors (Lipinski definition) is 8. The van der Waals surface area contributed by atoms with Gasteiger partial charge in [-0.3, -0.25) is 14.9 Å². The molecular formula is C16H10N2O7S. The second-order valence-electron chi connectivity index (χ2n) is 5.04. The van der Waals surface area contributed by atoms with Gasteiger partial charge in [-0.25, -0.2) is 9.59 Å². The summed E-state index contributed by atoms with van der Waals surface area (Å²) in [5.41, 5.74) is -0.824. The van der Waals surface area contributed by atoms with Crippen molar-refractivity contribution in [2.24, 2.45) is 0 Å². The molecule has 1 N–H and O–H groups in total. The maximum atomic E-state index is 12.4. The molecule has 3 rings (SSSR count). The van der Waals surface area contributed by atoms with Crippen LogP contribution in [0.4, 0.5) is 11.4 Å². The van der Waals surface area contributed by atoms with Gasteiger partial charge < -0.3 is 14.5 Å². The molecule has 0 aliphatic carbocycles. The number of esters is 1. The minimum absolute atomic E-state index is 0.109. The zero-order valence-corrected chi connectivity index (χ0v) is 14.0. The van der Waals surface area contributed by atoms with Gasteiger partial charge in [0.25, 0.3) is 11.6 Å². The summed E-state index contributed by atoms with van der Waals surface area (Å²) in [6.45, 7) is 0. The SMILES string of the molecule is COC(=O)c1sccc1NC(=O)c1cc2cc([N+](=O)[O-])ccc2c(=O)o1. The lowest BCUT2D eigenvalue weighted by Crippen LogP contribution is -2.16. The summed E-state index contributed by atoms with van der Waals surface area (Å²) in [7, 11) is 1.21. The second-order valence-corrected chi connectivity index (χ2v) is 5.95. The fourth-order valence-corrected chi connectivity index (χ4v) is 3.01. The first-order valence-corrected chi connectivity index (χ1v) is 7.98. The fraction of sp³-hybridized carbons (Fsp3) is 0.0625. The Morgan fingerprint density at radius 3 is 2.73 bits per heavy atom. The van der Waals surface area contributed by atoms with Crippen molar-refractivity contribution in [1.29, 1.82) is 0 Å². The number of nitro benzene ring substituents is 1. The molecule has 0 radical (unpaired) electrons. The molecule has 0 spiro atoms. The van der Waals surface area contributed by atoms with E-state index in [1.807, 2.05) is 0 Å². The van der Waals surface area contributed by atoms with Crippen LogP contribution in [0.25, 0.3) is 10.8 Å². The number of benzene rings is 1. The average Bonchev–Trinajstić information content (AvgIpc) is 3.08. The summed E-state index contributed by atoms with van der Waals surface area (Å²) in [5, 5.41) is 15.2. The van der Waals surface area contributed by atoms with Gasteiger partial charge in [-0.2, -0.15) is 0 Å². The number of thiophene rings is 1. The van der Waals surface area contributed by atoms with Crippen LogP contribution < -0.4 is 10.9 Å². The number of ether oxygens (including phenoxy) is 1. The Hall–Kier alpha value is -3.53. The van der Waals surface area contributed by atoms with Crippen LogP contribution in [0.1, 0.15) is 20.2 Å². The predicted octanol–water partition coefficient (Wildman–Crippen LogP) is 2.80. The van der Waals surface area contributed by atoms with E-state index in [0.717, 1.165) is 11.3 Å². The molecule has 0 atom stereocenters. The number of rotatable bonds is 4. The van der Waals surface area contributed by atoms with E-state index in [2.05, 4.69) is 10.1 Å². The van der Waals surface area contributed by atoms with Gasteiger partial charge in [0.05, 0.1) is 23.1 Å². The van der Waals surface area contributed by atoms with Crippen LogP contribution in [0.3, 0.4) is 0 Å². The number of nitrogens with one attached hydrogen (secondary N) is 1. The maximum absolute atomic E-state index is 12.4. The normalized spacial score (nSPS) is 10.5. The molecule has 0 aliphatic rings. The van der Waals surface area contributed by atoms with Crippen LogP contribution in [0.5, 0.6) is 0 Å². The molecule has 0 bridgehead atoms. The predicted molar refractivity (Wildman–Crippen MR) is 92.8 cm³/mol. The summed E-state index contributed by atoms with van der Waals surface area (Å²) in [6.07, 6.45) is 0. The highest BCUT2D eigenvalue weighted by Crippen LogP contribution is 2.24. The smallest absolute Gasteiger partial charge is 0.350 e. The van der Waals surface area contributed by atoms with Gasteiger partial charge in [0.15, 0.2) is 5.76 Å². The monoisotopic (exact) mass is 374 g/mol. The molecule has 0 unspecified atom stereocenters. The minimum atomic E-state index is -0.805. The van der Waals surface area contributed by atoms with E-state index in [0.29, 0.717) is 0 Å². The molecule has 2 heterocycles. The maximum Gasteiger partial charge on any atom is 0.350 e. The topological polar surface area (TPSA) is 129 Å². The molecule has 1 aromatic carbocycles. The van der Waals surface area contributed by atoms with Crippen molar-refractivity contribution in [3.63, 3.8) is 0 Å². The molecule has 10 heteroatoms. The lowest BCUT2D eigenvalue weighted by molar-refractivity contribution is -0.384. The number of non-ortho nitro benzene ring substituents is 1. The van der Waals surface area contributed by atoms with E-state index in [1.165, 1.54) is 37.4 Å². The number of nitro groups is 1. The van der Waals surface area contributed by atoms with Crippen LogP contribution in [0, 0.1) is 10.1 Å². The lowest BCUT2D eigenvalue weighted by Gasteiger charge is -2.05. The van der Waals surface area contributed by atoms with E-state index < -0.39 is 22.4 Å². The average molecular weight is 374 g/mol. The summed E-state index contributed by atoms with van der Waals surface area (Å²) in [4.78, 5) is 46.5. The summed E-state index contributed by atoms with van der Waals surface area (Å²) < 4.78 is 9.60. The summed E-state index contributed by atoms with van der Waals surface area (Å²) >= 11 is 1.07. The molecule has 3 aromatic rings. The Bertz CT molecular complexity index is 1100. The highest BCUT2D eigenvalue weighted by molar-refractivity contribution is 7.12. The molecule has 9 nitrogen and oxygen atoms in total. The molecule has 1 amide bonds. The Morgan fingerprint density at radius 1 is 1.27 bits per heavy atom. The number of anilines is 1. The van der Waals surface area contributed by atoms with E-state index >= 15 is 0 Å². The largest absolute Gasteiger partial charge is 0.465 e. The van der Waals surface area contributed by atoms with Gasteiger partial charge in [-0.05, 0) is 29.0 Å². The molecule has 0 aliphatic heterocycles. The third kappa shape index (κ3) is 3.17. The number of methoxy groups -OCH3 is 1. The van der Waals surface area contributed by atoms with Gasteiger partial charge in [0, 0.05) is 12.1 Å². The second kappa shape index (κ2) is 6.76. The zero-order valence-electron chi connectivity index (χ0n) is 13.2. The molecule has 132 valence electrons. The standard InChI is InChI=1S/C16H10N2O7S/c1-24-16(21)13-11(4-5-26-13)17-14(19)12-7-8-6-9(18(22)23)2-3-10(8)15(20)25-12/h2-7H,1H3,(H,17,19). The third-order valence-corrected chi connectivity index (χ3v) is 4.36. The molecule has 2 aromatic heterocycles. The van der Waals surface area contributed by atoms with Gasteiger partial charge in [0.2, 0.25) is 0 Å². The summed E-state index contributed by atoms with van der Waals surface area (Å²) in [6, 6.07) is 6.33. The fourth-order valence-electron chi connectivity index (χ4n) is 2.25. The number of amides is 1. The van der Waals surface area contributed by atoms with Crippen molar-refractivity contribution >= 4 is 45.4 Å². The van der Waals surface area contributed by atoms with Gasteiger partial charge in [-0.1, -0.05) is 0 Å². The number of carbonyl (C=O) groups is 2. The van der Waals surface area contributed by atoms with Crippen molar-refractivity contribution in [1.82, 2.24) is 0 Å². The Morgan fingerprint density at radius 2 is 2.04 bits per heavy atom.